The normalized spacial score (nSPS) is 11.6. The third-order valence-corrected chi connectivity index (χ3v) is 3.60. The molecule has 0 spiro atoms. The number of imidazole rings is 1. The van der Waals surface area contributed by atoms with E-state index in [4.69, 9.17) is 5.11 Å². The Kier molecular flexibility index (Phi) is 4.56. The van der Waals surface area contributed by atoms with Crippen LogP contribution in [0.25, 0.3) is 0 Å². The van der Waals surface area contributed by atoms with E-state index in [1.165, 1.54) is 12.3 Å². The second-order valence-corrected chi connectivity index (χ2v) is 5.16. The topological polar surface area (TPSA) is 55.1 Å². The predicted molar refractivity (Wildman–Crippen MR) is 71.1 cm³/mol. The van der Waals surface area contributed by atoms with E-state index in [2.05, 4.69) is 4.98 Å². The van der Waals surface area contributed by atoms with Gasteiger partial charge in [-0.1, -0.05) is 23.9 Å². The van der Waals surface area contributed by atoms with E-state index in [-0.39, 0.29) is 12.3 Å². The second kappa shape index (κ2) is 6.21. The van der Waals surface area contributed by atoms with Crippen molar-refractivity contribution in [2.45, 2.75) is 17.9 Å². The van der Waals surface area contributed by atoms with Gasteiger partial charge in [-0.25, -0.2) is 4.98 Å². The van der Waals surface area contributed by atoms with Crippen LogP contribution in [0.2, 0.25) is 0 Å². The van der Waals surface area contributed by atoms with Crippen LogP contribution in [-0.4, -0.2) is 26.4 Å². The van der Waals surface area contributed by atoms with E-state index in [9.17, 15) is 18.0 Å². The highest BCUT2D eigenvalue weighted by Gasteiger charge is 2.30. The molecule has 0 amide bonds. The molecule has 0 aliphatic carbocycles. The zero-order chi connectivity index (χ0) is 15.5. The second-order valence-electron chi connectivity index (χ2n) is 4.22. The molecule has 21 heavy (non-hydrogen) atoms. The number of halogens is 3. The number of carbonyl (C=O) groups is 1. The van der Waals surface area contributed by atoms with Gasteiger partial charge in [-0.3, -0.25) is 4.79 Å². The van der Waals surface area contributed by atoms with Gasteiger partial charge in [0.2, 0.25) is 0 Å². The van der Waals surface area contributed by atoms with Crippen LogP contribution in [0.1, 0.15) is 11.1 Å². The molecule has 0 atom stereocenters. The van der Waals surface area contributed by atoms with Gasteiger partial charge in [0.1, 0.15) is 0 Å². The molecular weight excluding hydrogens is 305 g/mol. The van der Waals surface area contributed by atoms with E-state index < -0.39 is 17.7 Å². The number of benzene rings is 1. The van der Waals surface area contributed by atoms with Crippen LogP contribution in [0.5, 0.6) is 0 Å². The number of alkyl halides is 3. The molecule has 0 saturated carbocycles. The number of rotatable bonds is 5. The van der Waals surface area contributed by atoms with Crippen molar-refractivity contribution in [3.63, 3.8) is 0 Å². The molecule has 0 radical (unpaired) electrons. The summed E-state index contributed by atoms with van der Waals surface area (Å²) in [6.45, 7) is 0.200. The van der Waals surface area contributed by atoms with Crippen molar-refractivity contribution in [1.29, 1.82) is 0 Å². The van der Waals surface area contributed by atoms with Crippen LogP contribution >= 0.6 is 11.8 Å². The van der Waals surface area contributed by atoms with Crippen molar-refractivity contribution in [3.8, 4) is 0 Å². The van der Waals surface area contributed by atoms with Crippen molar-refractivity contribution < 1.29 is 23.1 Å². The molecule has 0 unspecified atom stereocenters. The van der Waals surface area contributed by atoms with Gasteiger partial charge in [0.05, 0.1) is 11.3 Å². The first-order valence-corrected chi connectivity index (χ1v) is 6.86. The van der Waals surface area contributed by atoms with Crippen LogP contribution in [0.3, 0.4) is 0 Å². The minimum absolute atomic E-state index is 0.153. The molecular formula is C13H11F3N2O2S. The van der Waals surface area contributed by atoms with Gasteiger partial charge in [-0.2, -0.15) is 13.2 Å². The number of hydrogen-bond donors (Lipinski definition) is 1. The Morgan fingerprint density at radius 3 is 2.81 bits per heavy atom. The van der Waals surface area contributed by atoms with E-state index in [0.717, 1.165) is 23.9 Å². The molecule has 4 nitrogen and oxygen atoms in total. The quantitative estimate of drug-likeness (QED) is 0.861. The van der Waals surface area contributed by atoms with Crippen LogP contribution in [0, 0.1) is 0 Å². The first-order chi connectivity index (χ1) is 9.86. The Morgan fingerprint density at radius 1 is 1.38 bits per heavy atom. The molecule has 0 aliphatic heterocycles. The van der Waals surface area contributed by atoms with Crippen molar-refractivity contribution in [2.75, 3.05) is 5.75 Å². The molecule has 1 N–H and O–H groups in total. The van der Waals surface area contributed by atoms with Crippen molar-refractivity contribution >= 4 is 17.7 Å². The van der Waals surface area contributed by atoms with Crippen molar-refractivity contribution in [2.24, 2.45) is 0 Å². The summed E-state index contributed by atoms with van der Waals surface area (Å²) in [5, 5.41) is 9.09. The van der Waals surface area contributed by atoms with Crippen LogP contribution in [0.4, 0.5) is 13.2 Å². The maximum absolute atomic E-state index is 12.6. The highest BCUT2D eigenvalue weighted by molar-refractivity contribution is 7.99. The standard InChI is InChI=1S/C13H11F3N2O2S/c14-13(15,16)10-3-1-2-9(6-10)7-18-5-4-17-12(18)21-8-11(19)20/h1-6H,7-8H2,(H,19,20). The third-order valence-electron chi connectivity index (χ3n) is 2.61. The van der Waals surface area contributed by atoms with Crippen LogP contribution in [0.15, 0.2) is 41.8 Å². The molecule has 0 saturated heterocycles. The lowest BCUT2D eigenvalue weighted by Crippen LogP contribution is -2.07. The fourth-order valence-electron chi connectivity index (χ4n) is 1.72. The number of thioether (sulfide) groups is 1. The van der Waals surface area contributed by atoms with Gasteiger partial charge in [-0.05, 0) is 17.7 Å². The minimum atomic E-state index is -4.38. The highest BCUT2D eigenvalue weighted by atomic mass is 32.2. The van der Waals surface area contributed by atoms with E-state index in [0.29, 0.717) is 10.7 Å². The molecule has 2 aromatic rings. The molecule has 112 valence electrons. The first kappa shape index (κ1) is 15.4. The van der Waals surface area contributed by atoms with Crippen LogP contribution in [-0.2, 0) is 17.5 Å². The largest absolute Gasteiger partial charge is 0.481 e. The van der Waals surface area contributed by atoms with Gasteiger partial charge >= 0.3 is 12.1 Å². The summed E-state index contributed by atoms with van der Waals surface area (Å²) >= 11 is 1.02. The molecule has 0 aliphatic rings. The SMILES string of the molecule is O=C(O)CSc1nccn1Cc1cccc(C(F)(F)F)c1. The summed E-state index contributed by atoms with van der Waals surface area (Å²) in [6.07, 6.45) is -1.30. The number of aromatic nitrogens is 2. The van der Waals surface area contributed by atoms with Crippen molar-refractivity contribution in [3.05, 3.63) is 47.8 Å². The Labute approximate surface area is 122 Å². The Balaban J connectivity index is 2.15. The molecule has 8 heteroatoms. The summed E-state index contributed by atoms with van der Waals surface area (Å²) in [4.78, 5) is 14.5. The summed E-state index contributed by atoms with van der Waals surface area (Å²) in [6, 6.07) is 5.02. The lowest BCUT2D eigenvalue weighted by Gasteiger charge is -2.10. The van der Waals surface area contributed by atoms with E-state index in [1.807, 2.05) is 0 Å². The van der Waals surface area contributed by atoms with E-state index in [1.54, 1.807) is 16.8 Å². The number of aliphatic carboxylic acids is 1. The van der Waals surface area contributed by atoms with Crippen LogP contribution < -0.4 is 0 Å². The number of nitrogens with zero attached hydrogens (tertiary/aromatic N) is 2. The Morgan fingerprint density at radius 2 is 2.14 bits per heavy atom. The fraction of sp³-hybridized carbons (Fsp3) is 0.231. The van der Waals surface area contributed by atoms with Crippen molar-refractivity contribution in [1.82, 2.24) is 9.55 Å². The molecule has 1 aromatic heterocycles. The zero-order valence-electron chi connectivity index (χ0n) is 10.7. The zero-order valence-corrected chi connectivity index (χ0v) is 11.5. The maximum atomic E-state index is 12.6. The highest BCUT2D eigenvalue weighted by Crippen LogP contribution is 2.29. The fourth-order valence-corrected chi connectivity index (χ4v) is 2.40. The molecule has 0 fully saturated rings. The van der Waals surface area contributed by atoms with Gasteiger partial charge in [0.25, 0.3) is 0 Å². The smallest absolute Gasteiger partial charge is 0.416 e. The van der Waals surface area contributed by atoms with Gasteiger partial charge in [0.15, 0.2) is 5.16 Å². The number of hydrogen-bond acceptors (Lipinski definition) is 3. The monoisotopic (exact) mass is 316 g/mol. The summed E-state index contributed by atoms with van der Waals surface area (Å²) < 4.78 is 39.6. The summed E-state index contributed by atoms with van der Waals surface area (Å²) in [5.41, 5.74) is -0.236. The van der Waals surface area contributed by atoms with Gasteiger partial charge in [0, 0.05) is 18.9 Å². The molecule has 2 rings (SSSR count). The average Bonchev–Trinajstić information content (AvgIpc) is 2.83. The molecule has 1 aromatic carbocycles. The lowest BCUT2D eigenvalue weighted by molar-refractivity contribution is -0.137. The Bertz CT molecular complexity index is 640. The average molecular weight is 316 g/mol. The number of carboxylic acid groups (broad SMARTS) is 1. The van der Waals surface area contributed by atoms with Gasteiger partial charge in [-0.15, -0.1) is 0 Å². The summed E-state index contributed by atoms with van der Waals surface area (Å²) in [7, 11) is 0. The lowest BCUT2D eigenvalue weighted by atomic mass is 10.1. The third kappa shape index (κ3) is 4.25. The summed E-state index contributed by atoms with van der Waals surface area (Å²) in [5.74, 6) is -1.13. The number of carboxylic acids is 1. The predicted octanol–water partition coefficient (Wildman–Crippen LogP) is 3.13. The first-order valence-electron chi connectivity index (χ1n) is 5.88. The molecule has 0 bridgehead atoms. The minimum Gasteiger partial charge on any atom is -0.481 e. The van der Waals surface area contributed by atoms with E-state index >= 15 is 0 Å². The Hall–Kier alpha value is -1.96. The maximum Gasteiger partial charge on any atom is 0.416 e. The van der Waals surface area contributed by atoms with Gasteiger partial charge < -0.3 is 9.67 Å². The molecule has 1 heterocycles.